The van der Waals surface area contributed by atoms with Gasteiger partial charge in [-0.05, 0) is 19.4 Å². The van der Waals surface area contributed by atoms with Crippen molar-refractivity contribution in [1.82, 2.24) is 4.90 Å². The largest absolute Gasteiger partial charge is 0.496 e. The summed E-state index contributed by atoms with van der Waals surface area (Å²) in [5.41, 5.74) is 6.25. The molecule has 2 N–H and O–H groups in total. The highest BCUT2D eigenvalue weighted by Crippen LogP contribution is 2.20. The molecule has 0 fully saturated rings. The second-order valence-corrected chi connectivity index (χ2v) is 5.14. The molecule has 1 aromatic rings. The maximum atomic E-state index is 12.3. The summed E-state index contributed by atoms with van der Waals surface area (Å²) in [6, 6.07) is 7.69. The topological polar surface area (TPSA) is 55.6 Å². The number of carbonyl (C=O) groups excluding carboxylic acids is 1. The van der Waals surface area contributed by atoms with Gasteiger partial charge in [-0.3, -0.25) is 4.79 Å². The Kier molecular flexibility index (Phi) is 7.61. The van der Waals surface area contributed by atoms with E-state index in [4.69, 9.17) is 10.5 Å². The average Bonchev–Trinajstić information content (AvgIpc) is 2.38. The molecule has 0 bridgehead atoms. The van der Waals surface area contributed by atoms with Crippen LogP contribution in [0.3, 0.4) is 0 Å². The van der Waals surface area contributed by atoms with Gasteiger partial charge in [0.1, 0.15) is 5.75 Å². The minimum absolute atomic E-state index is 0. The molecule has 0 spiro atoms. The lowest BCUT2D eigenvalue weighted by Crippen LogP contribution is -2.51. The molecule has 114 valence electrons. The van der Waals surface area contributed by atoms with Crippen LogP contribution in [-0.4, -0.2) is 30.5 Å². The summed E-state index contributed by atoms with van der Waals surface area (Å²) in [6.45, 7) is 4.32. The first-order valence-corrected chi connectivity index (χ1v) is 6.58. The Morgan fingerprint density at radius 2 is 2.00 bits per heavy atom. The molecule has 0 aliphatic heterocycles. The van der Waals surface area contributed by atoms with Crippen LogP contribution in [0.5, 0.6) is 5.75 Å². The van der Waals surface area contributed by atoms with Crippen LogP contribution in [0.2, 0.25) is 0 Å². The Balaban J connectivity index is 0.00000361. The normalized spacial score (nSPS) is 13.1. The van der Waals surface area contributed by atoms with Crippen molar-refractivity contribution in [3.05, 3.63) is 29.8 Å². The Hall–Kier alpha value is -1.26. The van der Waals surface area contributed by atoms with E-state index in [0.29, 0.717) is 13.0 Å². The first-order valence-electron chi connectivity index (χ1n) is 6.58. The summed E-state index contributed by atoms with van der Waals surface area (Å²) in [5, 5.41) is 0. The second-order valence-electron chi connectivity index (χ2n) is 5.14. The number of carbonyl (C=O) groups is 1. The van der Waals surface area contributed by atoms with E-state index in [1.165, 1.54) is 0 Å². The van der Waals surface area contributed by atoms with Crippen LogP contribution in [0.25, 0.3) is 0 Å². The third kappa shape index (κ3) is 4.69. The van der Waals surface area contributed by atoms with Crippen LogP contribution in [0.1, 0.15) is 32.3 Å². The van der Waals surface area contributed by atoms with Crippen LogP contribution in [0, 0.1) is 0 Å². The predicted molar refractivity (Wildman–Crippen MR) is 84.2 cm³/mol. The highest BCUT2D eigenvalue weighted by Gasteiger charge is 2.30. The average molecular weight is 301 g/mol. The Labute approximate surface area is 127 Å². The van der Waals surface area contributed by atoms with Gasteiger partial charge in [0.15, 0.2) is 0 Å². The van der Waals surface area contributed by atoms with E-state index in [1.807, 2.05) is 31.2 Å². The van der Waals surface area contributed by atoms with E-state index in [9.17, 15) is 4.79 Å². The number of rotatable bonds is 6. The van der Waals surface area contributed by atoms with E-state index < -0.39 is 5.54 Å². The lowest BCUT2D eigenvalue weighted by atomic mass is 9.95. The van der Waals surface area contributed by atoms with Crippen molar-refractivity contribution in [3.63, 3.8) is 0 Å². The fourth-order valence-corrected chi connectivity index (χ4v) is 2.22. The van der Waals surface area contributed by atoms with Gasteiger partial charge in [0.2, 0.25) is 5.91 Å². The van der Waals surface area contributed by atoms with Crippen molar-refractivity contribution >= 4 is 18.3 Å². The maximum Gasteiger partial charge on any atom is 0.242 e. The molecule has 0 saturated heterocycles. The maximum absolute atomic E-state index is 12.3. The molecule has 0 aliphatic rings. The SMILES string of the molecule is CCCC(C)(N)C(=O)N(C)Cc1ccccc1OC.Cl. The number of nitrogens with zero attached hydrogens (tertiary/aromatic N) is 1. The third-order valence-corrected chi connectivity index (χ3v) is 3.20. The van der Waals surface area contributed by atoms with Gasteiger partial charge in [-0.1, -0.05) is 31.5 Å². The van der Waals surface area contributed by atoms with Crippen LogP contribution < -0.4 is 10.5 Å². The highest BCUT2D eigenvalue weighted by molar-refractivity contribution is 5.85. The molecule has 0 aromatic heterocycles. The zero-order chi connectivity index (χ0) is 14.5. The number of hydrogen-bond donors (Lipinski definition) is 1. The van der Waals surface area contributed by atoms with Gasteiger partial charge in [0.05, 0.1) is 12.6 Å². The summed E-state index contributed by atoms with van der Waals surface area (Å²) in [7, 11) is 3.40. The molecule has 1 unspecified atom stereocenters. The summed E-state index contributed by atoms with van der Waals surface area (Å²) >= 11 is 0. The number of halogens is 1. The number of ether oxygens (including phenoxy) is 1. The summed E-state index contributed by atoms with van der Waals surface area (Å²) in [6.07, 6.45) is 1.57. The smallest absolute Gasteiger partial charge is 0.242 e. The third-order valence-electron chi connectivity index (χ3n) is 3.20. The van der Waals surface area contributed by atoms with Crippen molar-refractivity contribution in [2.24, 2.45) is 5.73 Å². The molecule has 0 radical (unpaired) electrons. The zero-order valence-corrected chi connectivity index (χ0v) is 13.5. The number of likely N-dealkylation sites (N-methyl/N-ethyl adjacent to an activating group) is 1. The molecule has 1 aromatic carbocycles. The van der Waals surface area contributed by atoms with Crippen LogP contribution in [-0.2, 0) is 11.3 Å². The molecule has 0 heterocycles. The Bertz CT molecular complexity index is 436. The van der Waals surface area contributed by atoms with Gasteiger partial charge in [-0.2, -0.15) is 0 Å². The van der Waals surface area contributed by atoms with Crippen molar-refractivity contribution in [2.45, 2.75) is 38.8 Å². The second kappa shape index (κ2) is 8.12. The number of amides is 1. The van der Waals surface area contributed by atoms with Crippen LogP contribution in [0.15, 0.2) is 24.3 Å². The molecule has 1 atom stereocenters. The van der Waals surface area contributed by atoms with Crippen LogP contribution >= 0.6 is 12.4 Å². The van der Waals surface area contributed by atoms with E-state index >= 15 is 0 Å². The standard InChI is InChI=1S/C15H24N2O2.ClH/c1-5-10-15(2,16)14(18)17(3)11-12-8-6-7-9-13(12)19-4;/h6-9H,5,10-11,16H2,1-4H3;1H. The van der Waals surface area contributed by atoms with Gasteiger partial charge in [0, 0.05) is 19.2 Å². The summed E-state index contributed by atoms with van der Waals surface area (Å²) in [5.74, 6) is 0.747. The number of para-hydroxylation sites is 1. The van der Waals surface area contributed by atoms with E-state index in [-0.39, 0.29) is 18.3 Å². The summed E-state index contributed by atoms with van der Waals surface area (Å²) < 4.78 is 5.29. The number of nitrogens with two attached hydrogens (primary N) is 1. The van der Waals surface area contributed by atoms with E-state index in [0.717, 1.165) is 17.7 Å². The quantitative estimate of drug-likeness (QED) is 0.878. The molecule has 5 heteroatoms. The number of methoxy groups -OCH3 is 1. The predicted octanol–water partition coefficient (Wildman–Crippen LogP) is 2.59. The minimum Gasteiger partial charge on any atom is -0.496 e. The van der Waals surface area contributed by atoms with Crippen molar-refractivity contribution in [2.75, 3.05) is 14.2 Å². The van der Waals surface area contributed by atoms with Gasteiger partial charge in [-0.15, -0.1) is 12.4 Å². The first-order chi connectivity index (χ1) is 8.92. The fourth-order valence-electron chi connectivity index (χ4n) is 2.22. The van der Waals surface area contributed by atoms with Crippen molar-refractivity contribution < 1.29 is 9.53 Å². The Morgan fingerprint density at radius 1 is 1.40 bits per heavy atom. The van der Waals surface area contributed by atoms with Gasteiger partial charge in [0.25, 0.3) is 0 Å². The van der Waals surface area contributed by atoms with Gasteiger partial charge < -0.3 is 15.4 Å². The fraction of sp³-hybridized carbons (Fsp3) is 0.533. The molecule has 0 saturated carbocycles. The summed E-state index contributed by atoms with van der Waals surface area (Å²) in [4.78, 5) is 14.0. The lowest BCUT2D eigenvalue weighted by molar-refractivity contribution is -0.135. The van der Waals surface area contributed by atoms with Crippen LogP contribution in [0.4, 0.5) is 0 Å². The Morgan fingerprint density at radius 3 is 2.55 bits per heavy atom. The van der Waals surface area contributed by atoms with Gasteiger partial charge >= 0.3 is 0 Å². The molecular weight excluding hydrogens is 276 g/mol. The molecule has 1 rings (SSSR count). The zero-order valence-electron chi connectivity index (χ0n) is 12.7. The number of hydrogen-bond acceptors (Lipinski definition) is 3. The molecule has 4 nitrogen and oxygen atoms in total. The minimum atomic E-state index is -0.800. The van der Waals surface area contributed by atoms with Gasteiger partial charge in [-0.25, -0.2) is 0 Å². The van der Waals surface area contributed by atoms with Crippen molar-refractivity contribution in [3.8, 4) is 5.75 Å². The van der Waals surface area contributed by atoms with Crippen molar-refractivity contribution in [1.29, 1.82) is 0 Å². The monoisotopic (exact) mass is 300 g/mol. The molecular formula is C15H25ClN2O2. The molecule has 1 amide bonds. The number of benzene rings is 1. The molecule has 20 heavy (non-hydrogen) atoms. The van der Waals surface area contributed by atoms with E-state index in [2.05, 4.69) is 0 Å². The lowest BCUT2D eigenvalue weighted by Gasteiger charge is -2.29. The first kappa shape index (κ1) is 18.7. The van der Waals surface area contributed by atoms with E-state index in [1.54, 1.807) is 26.0 Å². The highest BCUT2D eigenvalue weighted by atomic mass is 35.5. The molecule has 0 aliphatic carbocycles.